The standard InChI is InChI=1S/C12H14Cl2N2/c13-9-7-11(14)10-3-6-16(12(10)8-9)5-2-1-4-15/h3,6-8H,1-2,4-5,15H2. The molecule has 2 rings (SSSR count). The van der Waals surface area contributed by atoms with Crippen molar-refractivity contribution in [3.8, 4) is 0 Å². The normalized spacial score (nSPS) is 11.2. The van der Waals surface area contributed by atoms with E-state index in [-0.39, 0.29) is 0 Å². The van der Waals surface area contributed by atoms with Gasteiger partial charge in [0.25, 0.3) is 0 Å². The van der Waals surface area contributed by atoms with E-state index < -0.39 is 0 Å². The summed E-state index contributed by atoms with van der Waals surface area (Å²) >= 11 is 12.1. The topological polar surface area (TPSA) is 30.9 Å². The second-order valence-electron chi connectivity index (χ2n) is 3.83. The molecule has 0 saturated carbocycles. The number of aryl methyl sites for hydroxylation is 1. The minimum absolute atomic E-state index is 0.677. The number of fused-ring (bicyclic) bond motifs is 1. The molecular formula is C12H14Cl2N2. The molecule has 86 valence electrons. The molecule has 0 amide bonds. The molecule has 0 unspecified atom stereocenters. The fourth-order valence-electron chi connectivity index (χ4n) is 1.84. The lowest BCUT2D eigenvalue weighted by molar-refractivity contribution is 0.630. The van der Waals surface area contributed by atoms with Gasteiger partial charge in [-0.3, -0.25) is 0 Å². The van der Waals surface area contributed by atoms with Crippen molar-refractivity contribution >= 4 is 34.1 Å². The lowest BCUT2D eigenvalue weighted by Gasteiger charge is -2.05. The van der Waals surface area contributed by atoms with E-state index in [9.17, 15) is 0 Å². The summed E-state index contributed by atoms with van der Waals surface area (Å²) in [6, 6.07) is 5.75. The predicted molar refractivity (Wildman–Crippen MR) is 70.2 cm³/mol. The van der Waals surface area contributed by atoms with E-state index in [0.717, 1.165) is 36.8 Å². The van der Waals surface area contributed by atoms with Crippen LogP contribution in [-0.2, 0) is 6.54 Å². The van der Waals surface area contributed by atoms with Gasteiger partial charge < -0.3 is 10.3 Å². The van der Waals surface area contributed by atoms with Crippen LogP contribution >= 0.6 is 23.2 Å². The fourth-order valence-corrected chi connectivity index (χ4v) is 2.39. The molecule has 0 saturated heterocycles. The van der Waals surface area contributed by atoms with Gasteiger partial charge in [-0.15, -0.1) is 0 Å². The highest BCUT2D eigenvalue weighted by Gasteiger charge is 2.05. The average Bonchev–Trinajstić information content (AvgIpc) is 2.62. The number of unbranched alkanes of at least 4 members (excludes halogenated alkanes) is 1. The van der Waals surface area contributed by atoms with Crippen molar-refractivity contribution < 1.29 is 0 Å². The Morgan fingerprint density at radius 2 is 2.00 bits per heavy atom. The predicted octanol–water partition coefficient (Wildman–Crippen LogP) is 3.69. The summed E-state index contributed by atoms with van der Waals surface area (Å²) in [5.41, 5.74) is 6.57. The smallest absolute Gasteiger partial charge is 0.0514 e. The maximum Gasteiger partial charge on any atom is 0.0514 e. The number of hydrogen-bond acceptors (Lipinski definition) is 1. The van der Waals surface area contributed by atoms with E-state index in [1.807, 2.05) is 18.3 Å². The minimum atomic E-state index is 0.677. The van der Waals surface area contributed by atoms with Crippen LogP contribution in [0, 0.1) is 0 Å². The maximum atomic E-state index is 6.12. The van der Waals surface area contributed by atoms with Crippen molar-refractivity contribution in [3.63, 3.8) is 0 Å². The third-order valence-electron chi connectivity index (χ3n) is 2.66. The lowest BCUT2D eigenvalue weighted by Crippen LogP contribution is -2.02. The van der Waals surface area contributed by atoms with Gasteiger partial charge in [-0.05, 0) is 37.6 Å². The van der Waals surface area contributed by atoms with Crippen molar-refractivity contribution in [2.45, 2.75) is 19.4 Å². The Morgan fingerprint density at radius 3 is 2.75 bits per heavy atom. The van der Waals surface area contributed by atoms with E-state index in [4.69, 9.17) is 28.9 Å². The lowest BCUT2D eigenvalue weighted by atomic mass is 10.2. The Morgan fingerprint density at radius 1 is 1.19 bits per heavy atom. The molecule has 16 heavy (non-hydrogen) atoms. The van der Waals surface area contributed by atoms with Gasteiger partial charge in [0, 0.05) is 23.2 Å². The van der Waals surface area contributed by atoms with Gasteiger partial charge in [0.1, 0.15) is 0 Å². The zero-order valence-corrected chi connectivity index (χ0v) is 10.4. The highest BCUT2D eigenvalue weighted by molar-refractivity contribution is 6.38. The molecular weight excluding hydrogens is 243 g/mol. The third-order valence-corrected chi connectivity index (χ3v) is 3.19. The van der Waals surface area contributed by atoms with Crippen molar-refractivity contribution in [2.75, 3.05) is 6.54 Å². The number of nitrogens with zero attached hydrogens (tertiary/aromatic N) is 1. The van der Waals surface area contributed by atoms with Gasteiger partial charge in [-0.2, -0.15) is 0 Å². The highest BCUT2D eigenvalue weighted by Crippen LogP contribution is 2.28. The largest absolute Gasteiger partial charge is 0.347 e. The first-order chi connectivity index (χ1) is 7.72. The minimum Gasteiger partial charge on any atom is -0.347 e. The van der Waals surface area contributed by atoms with Crippen LogP contribution in [0.5, 0.6) is 0 Å². The number of benzene rings is 1. The number of halogens is 2. The molecule has 4 heteroatoms. The second-order valence-corrected chi connectivity index (χ2v) is 4.67. The van der Waals surface area contributed by atoms with Crippen LogP contribution < -0.4 is 5.73 Å². The summed E-state index contributed by atoms with van der Waals surface area (Å²) in [5, 5.41) is 2.44. The Hall–Kier alpha value is -0.700. The summed E-state index contributed by atoms with van der Waals surface area (Å²) < 4.78 is 2.17. The van der Waals surface area contributed by atoms with Crippen LogP contribution in [0.3, 0.4) is 0 Å². The Labute approximate surface area is 105 Å². The van der Waals surface area contributed by atoms with E-state index in [0.29, 0.717) is 10.0 Å². The molecule has 2 N–H and O–H groups in total. The molecule has 2 nitrogen and oxygen atoms in total. The van der Waals surface area contributed by atoms with Gasteiger partial charge in [0.2, 0.25) is 0 Å². The summed E-state index contributed by atoms with van der Waals surface area (Å²) in [4.78, 5) is 0. The molecule has 0 spiro atoms. The summed E-state index contributed by atoms with van der Waals surface area (Å²) in [7, 11) is 0. The van der Waals surface area contributed by atoms with Gasteiger partial charge in [0.15, 0.2) is 0 Å². The van der Waals surface area contributed by atoms with E-state index in [2.05, 4.69) is 4.57 Å². The van der Waals surface area contributed by atoms with Crippen LogP contribution in [-0.4, -0.2) is 11.1 Å². The number of aromatic nitrogens is 1. The zero-order chi connectivity index (χ0) is 11.5. The van der Waals surface area contributed by atoms with Crippen LogP contribution in [0.2, 0.25) is 10.0 Å². The van der Waals surface area contributed by atoms with Crippen LogP contribution in [0.15, 0.2) is 24.4 Å². The average molecular weight is 257 g/mol. The number of nitrogens with two attached hydrogens (primary N) is 1. The van der Waals surface area contributed by atoms with Gasteiger partial charge in [-0.1, -0.05) is 23.2 Å². The molecule has 1 aromatic carbocycles. The number of rotatable bonds is 4. The first kappa shape index (κ1) is 11.8. The van der Waals surface area contributed by atoms with E-state index >= 15 is 0 Å². The molecule has 0 atom stereocenters. The highest BCUT2D eigenvalue weighted by atomic mass is 35.5. The van der Waals surface area contributed by atoms with Crippen LogP contribution in [0.25, 0.3) is 10.9 Å². The second kappa shape index (κ2) is 5.09. The Bertz CT molecular complexity index is 491. The van der Waals surface area contributed by atoms with Crippen LogP contribution in [0.4, 0.5) is 0 Å². The molecule has 0 radical (unpaired) electrons. The first-order valence-electron chi connectivity index (χ1n) is 5.36. The van der Waals surface area contributed by atoms with Crippen molar-refractivity contribution in [2.24, 2.45) is 5.73 Å². The van der Waals surface area contributed by atoms with Gasteiger partial charge in [-0.25, -0.2) is 0 Å². The molecule has 1 aromatic heterocycles. The van der Waals surface area contributed by atoms with Crippen molar-refractivity contribution in [3.05, 3.63) is 34.4 Å². The molecule has 0 aliphatic heterocycles. The van der Waals surface area contributed by atoms with Crippen molar-refractivity contribution in [1.29, 1.82) is 0 Å². The molecule has 1 heterocycles. The Balaban J connectivity index is 2.32. The summed E-state index contributed by atoms with van der Waals surface area (Å²) in [5.74, 6) is 0. The maximum absolute atomic E-state index is 6.12. The van der Waals surface area contributed by atoms with Gasteiger partial charge in [0.05, 0.1) is 10.5 Å². The molecule has 0 fully saturated rings. The molecule has 0 aliphatic rings. The quantitative estimate of drug-likeness (QED) is 0.832. The summed E-state index contributed by atoms with van der Waals surface area (Å²) in [6.07, 6.45) is 4.15. The first-order valence-corrected chi connectivity index (χ1v) is 6.12. The van der Waals surface area contributed by atoms with Gasteiger partial charge >= 0.3 is 0 Å². The molecule has 2 aromatic rings. The monoisotopic (exact) mass is 256 g/mol. The van der Waals surface area contributed by atoms with Crippen LogP contribution in [0.1, 0.15) is 12.8 Å². The number of hydrogen-bond donors (Lipinski definition) is 1. The fraction of sp³-hybridized carbons (Fsp3) is 0.333. The zero-order valence-electron chi connectivity index (χ0n) is 8.92. The van der Waals surface area contributed by atoms with Crippen molar-refractivity contribution in [1.82, 2.24) is 4.57 Å². The van der Waals surface area contributed by atoms with E-state index in [1.54, 1.807) is 6.07 Å². The molecule has 0 bridgehead atoms. The molecule has 0 aliphatic carbocycles. The third kappa shape index (κ3) is 2.34. The Kier molecular flexibility index (Phi) is 3.74. The van der Waals surface area contributed by atoms with E-state index in [1.165, 1.54) is 0 Å². The summed E-state index contributed by atoms with van der Waals surface area (Å²) in [6.45, 7) is 1.69. The SMILES string of the molecule is NCCCCn1ccc2c(Cl)cc(Cl)cc21.